The number of aliphatic hydroxyl groups excluding tert-OH is 1. The minimum atomic E-state index is -2.78. The van der Waals surface area contributed by atoms with Crippen LogP contribution < -0.4 is 11.1 Å². The van der Waals surface area contributed by atoms with Gasteiger partial charge in [-0.2, -0.15) is 0 Å². The fourth-order valence-electron chi connectivity index (χ4n) is 3.28. The van der Waals surface area contributed by atoms with Crippen LogP contribution in [0, 0.1) is 0 Å². The van der Waals surface area contributed by atoms with Gasteiger partial charge < -0.3 is 20.7 Å². The molecule has 2 bridgehead atoms. The highest BCUT2D eigenvalue weighted by Gasteiger charge is 2.52. The lowest BCUT2D eigenvalue weighted by Gasteiger charge is -2.54. The minimum Gasteiger partial charge on any atom is -0.391 e. The zero-order valence-corrected chi connectivity index (χ0v) is 12.5. The van der Waals surface area contributed by atoms with Crippen LogP contribution in [0.4, 0.5) is 8.78 Å². The van der Waals surface area contributed by atoms with Crippen molar-refractivity contribution in [2.24, 2.45) is 5.73 Å². The zero-order valence-electron chi connectivity index (χ0n) is 11.7. The lowest BCUT2D eigenvalue weighted by atomic mass is 9.60. The molecule has 4 rings (SSSR count). The molecule has 3 fully saturated rings. The van der Waals surface area contributed by atoms with E-state index in [2.05, 4.69) is 15.0 Å². The number of rotatable bonds is 3. The summed E-state index contributed by atoms with van der Waals surface area (Å²) in [4.78, 5) is 12.1. The Balaban J connectivity index is 0.00000176. The first-order valence-corrected chi connectivity index (χ1v) is 6.88. The van der Waals surface area contributed by atoms with Gasteiger partial charge in [0, 0.05) is 17.1 Å². The fraction of sp³-hybridized carbons (Fsp3) is 0.692. The van der Waals surface area contributed by atoms with Crippen LogP contribution in [0.15, 0.2) is 10.6 Å². The molecule has 124 valence electrons. The van der Waals surface area contributed by atoms with Gasteiger partial charge in [-0.15, -0.1) is 12.4 Å². The molecule has 1 atom stereocenters. The predicted molar refractivity (Wildman–Crippen MR) is 74.9 cm³/mol. The number of carbonyl (C=O) groups is 1. The van der Waals surface area contributed by atoms with Crippen LogP contribution >= 0.6 is 12.4 Å². The van der Waals surface area contributed by atoms with E-state index in [-0.39, 0.29) is 18.2 Å². The Bertz CT molecular complexity index is 558. The van der Waals surface area contributed by atoms with E-state index in [1.165, 1.54) is 0 Å². The third kappa shape index (κ3) is 2.82. The quantitative estimate of drug-likeness (QED) is 0.776. The van der Waals surface area contributed by atoms with Crippen LogP contribution in [0.2, 0.25) is 0 Å². The molecule has 3 saturated carbocycles. The predicted octanol–water partition coefficient (Wildman–Crippen LogP) is 1.54. The van der Waals surface area contributed by atoms with Crippen LogP contribution in [0.1, 0.15) is 54.8 Å². The zero-order chi connectivity index (χ0) is 15.3. The summed E-state index contributed by atoms with van der Waals surface area (Å²) in [6.07, 6.45) is -0.542. The van der Waals surface area contributed by atoms with Crippen molar-refractivity contribution in [2.45, 2.75) is 55.7 Å². The molecule has 0 unspecified atom stereocenters. The molecule has 1 amide bonds. The number of nitrogens with zero attached hydrogens (tertiary/aromatic N) is 1. The van der Waals surface area contributed by atoms with Gasteiger partial charge in [-0.1, -0.05) is 5.16 Å². The molecule has 9 heteroatoms. The van der Waals surface area contributed by atoms with Gasteiger partial charge in [0.25, 0.3) is 12.3 Å². The molecule has 0 aromatic carbocycles. The Morgan fingerprint density at radius 2 is 2.09 bits per heavy atom. The molecule has 1 aromatic rings. The number of fused-ring (bicyclic) bond motifs is 3. The number of nitrogens with one attached hydrogen (secondary N) is 1. The summed E-state index contributed by atoms with van der Waals surface area (Å²) in [6.45, 7) is 0. The number of amides is 1. The number of hydrogen-bond donors (Lipinski definition) is 3. The average Bonchev–Trinajstić information content (AvgIpc) is 2.91. The first kappa shape index (κ1) is 17.1. The monoisotopic (exact) mass is 337 g/mol. The molecule has 1 heterocycles. The first-order valence-electron chi connectivity index (χ1n) is 6.88. The second-order valence-electron chi connectivity index (χ2n) is 6.10. The minimum absolute atomic E-state index is 0. The maximum atomic E-state index is 12.4. The molecule has 22 heavy (non-hydrogen) atoms. The highest BCUT2D eigenvalue weighted by molar-refractivity contribution is 5.92. The van der Waals surface area contributed by atoms with Gasteiger partial charge in [0.2, 0.25) is 5.76 Å². The van der Waals surface area contributed by atoms with Crippen LogP contribution in [0.5, 0.6) is 0 Å². The smallest absolute Gasteiger partial charge is 0.290 e. The van der Waals surface area contributed by atoms with E-state index in [1.807, 2.05) is 0 Å². The average molecular weight is 338 g/mol. The molecule has 3 aliphatic rings. The van der Waals surface area contributed by atoms with Crippen molar-refractivity contribution in [1.29, 1.82) is 0 Å². The van der Waals surface area contributed by atoms with Gasteiger partial charge in [-0.3, -0.25) is 4.79 Å². The van der Waals surface area contributed by atoms with Crippen LogP contribution in [-0.2, 0) is 0 Å². The Morgan fingerprint density at radius 3 is 2.59 bits per heavy atom. The van der Waals surface area contributed by atoms with E-state index in [0.717, 1.165) is 6.07 Å². The molecular weight excluding hydrogens is 320 g/mol. The summed E-state index contributed by atoms with van der Waals surface area (Å²) in [7, 11) is 0. The van der Waals surface area contributed by atoms with Crippen LogP contribution in [0.3, 0.4) is 0 Å². The third-order valence-corrected chi connectivity index (χ3v) is 4.74. The normalized spacial score (nSPS) is 33.6. The van der Waals surface area contributed by atoms with Crippen molar-refractivity contribution < 1.29 is 23.2 Å². The van der Waals surface area contributed by atoms with E-state index in [0.29, 0.717) is 32.1 Å². The van der Waals surface area contributed by atoms with Crippen molar-refractivity contribution in [3.05, 3.63) is 17.5 Å². The second kappa shape index (κ2) is 5.75. The Kier molecular flexibility index (Phi) is 4.47. The third-order valence-electron chi connectivity index (χ3n) is 4.74. The molecule has 0 saturated heterocycles. The molecule has 6 nitrogen and oxygen atoms in total. The van der Waals surface area contributed by atoms with E-state index < -0.39 is 35.2 Å². The molecule has 0 spiro atoms. The summed E-state index contributed by atoms with van der Waals surface area (Å²) < 4.78 is 29.5. The van der Waals surface area contributed by atoms with Gasteiger partial charge in [0.1, 0.15) is 0 Å². The van der Waals surface area contributed by atoms with Crippen molar-refractivity contribution in [2.75, 3.05) is 0 Å². The number of aromatic nitrogens is 1. The molecule has 0 aliphatic heterocycles. The van der Waals surface area contributed by atoms with Gasteiger partial charge in [0.05, 0.1) is 6.10 Å². The summed E-state index contributed by atoms with van der Waals surface area (Å²) in [5.74, 6) is -0.836. The molecular formula is C13H18ClF2N3O3. The highest BCUT2D eigenvalue weighted by atomic mass is 35.5. The molecule has 3 aliphatic carbocycles. The topological polar surface area (TPSA) is 101 Å². The van der Waals surface area contributed by atoms with E-state index in [4.69, 9.17) is 5.73 Å². The Hall–Kier alpha value is -1.25. The second-order valence-corrected chi connectivity index (χ2v) is 6.10. The summed E-state index contributed by atoms with van der Waals surface area (Å²) in [6, 6.07) is 0.936. The number of alkyl halides is 2. The van der Waals surface area contributed by atoms with Crippen LogP contribution in [0.25, 0.3) is 0 Å². The fourth-order valence-corrected chi connectivity index (χ4v) is 3.28. The lowest BCUT2D eigenvalue weighted by Crippen LogP contribution is -2.68. The van der Waals surface area contributed by atoms with Gasteiger partial charge in [0.15, 0.2) is 5.69 Å². The number of carbonyl (C=O) groups excluding carboxylic acids is 1. The van der Waals surface area contributed by atoms with E-state index >= 15 is 0 Å². The van der Waals surface area contributed by atoms with Crippen LogP contribution in [-0.4, -0.2) is 33.4 Å². The summed E-state index contributed by atoms with van der Waals surface area (Å²) >= 11 is 0. The highest BCUT2D eigenvalue weighted by Crippen LogP contribution is 2.45. The maximum absolute atomic E-state index is 12.4. The van der Waals surface area contributed by atoms with Gasteiger partial charge in [-0.25, -0.2) is 8.78 Å². The Morgan fingerprint density at radius 1 is 1.45 bits per heavy atom. The van der Waals surface area contributed by atoms with Crippen molar-refractivity contribution in [3.63, 3.8) is 0 Å². The number of aliphatic hydroxyl groups is 1. The maximum Gasteiger partial charge on any atom is 0.290 e. The summed E-state index contributed by atoms with van der Waals surface area (Å²) in [5, 5.41) is 16.0. The van der Waals surface area contributed by atoms with Crippen molar-refractivity contribution in [3.8, 4) is 0 Å². The van der Waals surface area contributed by atoms with Gasteiger partial charge in [-0.05, 0) is 32.1 Å². The molecule has 4 N–H and O–H groups in total. The first-order chi connectivity index (χ1) is 9.84. The Labute approximate surface area is 131 Å². The standard InChI is InChI=1S/C13H17F2N3O3.ClH/c14-10(15)7-5-8(21-18-7)11(20)17-12-1-3-13(16,4-2-12)9(19)6-12;/h5,9-10,19H,1-4,6,16H2,(H,17,20);1H/t9-,12?,13?;/m0./s1. The molecule has 1 aromatic heterocycles. The van der Waals surface area contributed by atoms with E-state index in [1.54, 1.807) is 0 Å². The van der Waals surface area contributed by atoms with E-state index in [9.17, 15) is 18.7 Å². The molecule has 0 radical (unpaired) electrons. The summed E-state index contributed by atoms with van der Waals surface area (Å²) in [5.41, 5.74) is 4.42. The lowest BCUT2D eigenvalue weighted by molar-refractivity contribution is -0.0414. The number of halogens is 3. The number of nitrogens with two attached hydrogens (primary N) is 1. The van der Waals surface area contributed by atoms with Crippen molar-refractivity contribution in [1.82, 2.24) is 10.5 Å². The SMILES string of the molecule is Cl.NC12CCC(NC(=O)c3cc(C(F)F)no3)(CC1)C[C@@H]2O. The number of hydrogen-bond acceptors (Lipinski definition) is 5. The largest absolute Gasteiger partial charge is 0.391 e. The van der Waals surface area contributed by atoms with Crippen molar-refractivity contribution >= 4 is 18.3 Å². The van der Waals surface area contributed by atoms with Gasteiger partial charge >= 0.3 is 0 Å².